The van der Waals surface area contributed by atoms with Crippen molar-refractivity contribution in [3.8, 4) is 0 Å². The first-order valence-corrected chi connectivity index (χ1v) is 7.15. The Morgan fingerprint density at radius 3 is 2.50 bits per heavy atom. The highest BCUT2D eigenvalue weighted by Crippen LogP contribution is 2.16. The fourth-order valence-electron chi connectivity index (χ4n) is 2.51. The van der Waals surface area contributed by atoms with Crippen molar-refractivity contribution in [2.75, 3.05) is 26.2 Å². The third-order valence-corrected chi connectivity index (χ3v) is 3.78. The second-order valence-corrected chi connectivity index (χ2v) is 5.64. The Hall–Kier alpha value is -1.40. The van der Waals surface area contributed by atoms with Crippen LogP contribution >= 0.6 is 0 Å². The van der Waals surface area contributed by atoms with Gasteiger partial charge in [0, 0.05) is 50.7 Å². The Kier molecular flexibility index (Phi) is 4.77. The van der Waals surface area contributed by atoms with Crippen molar-refractivity contribution in [2.24, 2.45) is 5.73 Å². The lowest BCUT2D eigenvalue weighted by molar-refractivity contribution is -0.133. The summed E-state index contributed by atoms with van der Waals surface area (Å²) in [6, 6.07) is -0.0668. The van der Waals surface area contributed by atoms with Gasteiger partial charge < -0.3 is 15.2 Å². The second kappa shape index (κ2) is 6.37. The molecule has 1 fully saturated rings. The van der Waals surface area contributed by atoms with E-state index < -0.39 is 0 Å². The number of piperazine rings is 1. The molecule has 6 nitrogen and oxygen atoms in total. The lowest BCUT2D eigenvalue weighted by atomic mass is 10.1. The number of carbonyl (C=O) groups is 1. The van der Waals surface area contributed by atoms with Crippen LogP contribution in [0.15, 0.2) is 4.52 Å². The fourth-order valence-corrected chi connectivity index (χ4v) is 2.51. The highest BCUT2D eigenvalue weighted by atomic mass is 16.5. The topological polar surface area (TPSA) is 75.6 Å². The zero-order valence-electron chi connectivity index (χ0n) is 12.6. The molecular formula is C14H24N4O2. The van der Waals surface area contributed by atoms with Crippen LogP contribution in [0.5, 0.6) is 0 Å². The number of hydrogen-bond donors (Lipinski definition) is 1. The van der Waals surface area contributed by atoms with E-state index in [0.29, 0.717) is 6.42 Å². The van der Waals surface area contributed by atoms with Crippen LogP contribution < -0.4 is 5.73 Å². The predicted octanol–water partition coefficient (Wildman–Crippen LogP) is 0.673. The van der Waals surface area contributed by atoms with Gasteiger partial charge in [0.1, 0.15) is 5.76 Å². The molecule has 0 spiro atoms. The van der Waals surface area contributed by atoms with E-state index >= 15 is 0 Å². The molecule has 1 unspecified atom stereocenters. The van der Waals surface area contributed by atoms with Gasteiger partial charge in [0.05, 0.1) is 5.69 Å². The minimum absolute atomic E-state index is 0.0668. The van der Waals surface area contributed by atoms with Gasteiger partial charge in [0.2, 0.25) is 5.91 Å². The fraction of sp³-hybridized carbons (Fsp3) is 0.714. The van der Waals surface area contributed by atoms with E-state index in [1.54, 1.807) is 0 Å². The number of aryl methyl sites for hydroxylation is 2. The largest absolute Gasteiger partial charge is 0.361 e. The minimum Gasteiger partial charge on any atom is -0.361 e. The summed E-state index contributed by atoms with van der Waals surface area (Å²) in [5.74, 6) is 1.05. The van der Waals surface area contributed by atoms with Crippen LogP contribution in [-0.4, -0.2) is 53.1 Å². The molecule has 6 heteroatoms. The van der Waals surface area contributed by atoms with Crippen molar-refractivity contribution >= 4 is 5.91 Å². The first kappa shape index (κ1) is 15.0. The van der Waals surface area contributed by atoms with Crippen LogP contribution in [0.2, 0.25) is 0 Å². The van der Waals surface area contributed by atoms with Gasteiger partial charge >= 0.3 is 0 Å². The van der Waals surface area contributed by atoms with Crippen LogP contribution in [0.3, 0.4) is 0 Å². The predicted molar refractivity (Wildman–Crippen MR) is 76.1 cm³/mol. The van der Waals surface area contributed by atoms with Gasteiger partial charge in [-0.3, -0.25) is 9.69 Å². The maximum absolute atomic E-state index is 11.9. The molecule has 2 heterocycles. The average Bonchev–Trinajstić information content (AvgIpc) is 2.70. The summed E-state index contributed by atoms with van der Waals surface area (Å²) in [6.07, 6.45) is 0.434. The number of nitrogens with two attached hydrogens (primary N) is 1. The third kappa shape index (κ3) is 3.58. The molecule has 0 aliphatic carbocycles. The molecule has 1 aromatic rings. The maximum atomic E-state index is 11.9. The van der Waals surface area contributed by atoms with Crippen LogP contribution in [0.25, 0.3) is 0 Å². The molecule has 1 saturated heterocycles. The molecular weight excluding hydrogens is 256 g/mol. The highest BCUT2D eigenvalue weighted by molar-refractivity contribution is 5.76. The van der Waals surface area contributed by atoms with Gasteiger partial charge in [-0.1, -0.05) is 5.16 Å². The number of nitrogens with zero attached hydrogens (tertiary/aromatic N) is 3. The summed E-state index contributed by atoms with van der Waals surface area (Å²) in [6.45, 7) is 9.93. The van der Waals surface area contributed by atoms with Crippen LogP contribution in [0.1, 0.15) is 30.4 Å². The Labute approximate surface area is 119 Å². The first-order valence-electron chi connectivity index (χ1n) is 7.15. The van der Waals surface area contributed by atoms with E-state index in [-0.39, 0.29) is 11.9 Å². The van der Waals surface area contributed by atoms with Crippen LogP contribution in [0, 0.1) is 13.8 Å². The number of amides is 1. The molecule has 1 aromatic heterocycles. The third-order valence-electron chi connectivity index (χ3n) is 3.78. The normalized spacial score (nSPS) is 18.3. The molecule has 20 heavy (non-hydrogen) atoms. The minimum atomic E-state index is -0.0668. The van der Waals surface area contributed by atoms with E-state index in [9.17, 15) is 4.79 Å². The quantitative estimate of drug-likeness (QED) is 0.877. The van der Waals surface area contributed by atoms with Gasteiger partial charge in [-0.25, -0.2) is 0 Å². The summed E-state index contributed by atoms with van der Waals surface area (Å²) < 4.78 is 5.18. The summed E-state index contributed by atoms with van der Waals surface area (Å²) >= 11 is 0. The van der Waals surface area contributed by atoms with Crippen molar-refractivity contribution in [2.45, 2.75) is 39.8 Å². The van der Waals surface area contributed by atoms with Crippen molar-refractivity contribution in [1.29, 1.82) is 0 Å². The molecule has 1 aliphatic rings. The first-order chi connectivity index (χ1) is 9.47. The Morgan fingerprint density at radius 1 is 1.35 bits per heavy atom. The van der Waals surface area contributed by atoms with Crippen LogP contribution in [-0.2, 0) is 11.3 Å². The summed E-state index contributed by atoms with van der Waals surface area (Å²) in [5, 5.41) is 3.98. The van der Waals surface area contributed by atoms with Crippen LogP contribution in [0.4, 0.5) is 0 Å². The van der Waals surface area contributed by atoms with Gasteiger partial charge in [0.25, 0.3) is 0 Å². The zero-order chi connectivity index (χ0) is 14.7. The van der Waals surface area contributed by atoms with E-state index in [1.165, 1.54) is 5.56 Å². The van der Waals surface area contributed by atoms with Gasteiger partial charge in [-0.2, -0.15) is 0 Å². The van der Waals surface area contributed by atoms with E-state index in [1.807, 2.05) is 25.7 Å². The lowest BCUT2D eigenvalue weighted by Crippen LogP contribution is -2.49. The van der Waals surface area contributed by atoms with Crippen molar-refractivity contribution in [1.82, 2.24) is 15.0 Å². The highest BCUT2D eigenvalue weighted by Gasteiger charge is 2.23. The van der Waals surface area contributed by atoms with Crippen molar-refractivity contribution in [3.63, 3.8) is 0 Å². The molecule has 2 rings (SSSR count). The molecule has 2 N–H and O–H groups in total. The summed E-state index contributed by atoms with van der Waals surface area (Å²) in [7, 11) is 0. The monoisotopic (exact) mass is 280 g/mol. The van der Waals surface area contributed by atoms with Crippen molar-refractivity contribution in [3.05, 3.63) is 17.0 Å². The van der Waals surface area contributed by atoms with Gasteiger partial charge in [-0.15, -0.1) is 0 Å². The van der Waals surface area contributed by atoms with E-state index in [4.69, 9.17) is 10.3 Å². The zero-order valence-corrected chi connectivity index (χ0v) is 12.6. The van der Waals surface area contributed by atoms with Gasteiger partial charge in [-0.05, 0) is 20.8 Å². The lowest BCUT2D eigenvalue weighted by Gasteiger charge is -2.35. The van der Waals surface area contributed by atoms with Crippen molar-refractivity contribution < 1.29 is 9.32 Å². The molecule has 0 saturated carbocycles. The summed E-state index contributed by atoms with van der Waals surface area (Å²) in [5.41, 5.74) is 7.80. The maximum Gasteiger partial charge on any atom is 0.224 e. The average molecular weight is 280 g/mol. The number of aromatic nitrogens is 1. The Balaban J connectivity index is 1.84. The molecule has 0 radical (unpaired) electrons. The number of carbonyl (C=O) groups excluding carboxylic acids is 1. The molecule has 0 bridgehead atoms. The Morgan fingerprint density at radius 2 is 2.00 bits per heavy atom. The molecule has 1 amide bonds. The van der Waals surface area contributed by atoms with Gasteiger partial charge in [0.15, 0.2) is 0 Å². The standard InChI is InChI=1S/C14H24N4O2/c1-10(15)8-14(19)18-6-4-17(5-7-18)9-13-11(2)16-20-12(13)3/h10H,4-9,15H2,1-3H3. The van der Waals surface area contributed by atoms with E-state index in [0.717, 1.165) is 44.2 Å². The number of rotatable bonds is 4. The second-order valence-electron chi connectivity index (χ2n) is 5.64. The molecule has 0 aromatic carbocycles. The number of hydrogen-bond acceptors (Lipinski definition) is 5. The van der Waals surface area contributed by atoms with E-state index in [2.05, 4.69) is 10.1 Å². The molecule has 1 aliphatic heterocycles. The molecule has 1 atom stereocenters. The molecule has 112 valence electrons. The Bertz CT molecular complexity index is 442. The smallest absolute Gasteiger partial charge is 0.224 e. The SMILES string of the molecule is Cc1noc(C)c1CN1CCN(C(=O)CC(C)N)CC1. The summed E-state index contributed by atoms with van der Waals surface area (Å²) in [4.78, 5) is 16.2.